The maximum Gasteiger partial charge on any atom is 0.106 e. The molecular formula is C16H19NO2S2. The third kappa shape index (κ3) is 4.22. The van der Waals surface area contributed by atoms with Crippen molar-refractivity contribution in [2.75, 3.05) is 12.4 Å². The van der Waals surface area contributed by atoms with Crippen LogP contribution in [-0.4, -0.2) is 27.7 Å². The summed E-state index contributed by atoms with van der Waals surface area (Å²) in [5, 5.41) is 0.958. The molecule has 3 rings (SSSR count). The van der Waals surface area contributed by atoms with Crippen LogP contribution < -0.4 is 0 Å². The summed E-state index contributed by atoms with van der Waals surface area (Å²) in [6.45, 7) is 0.865. The molecule has 3 nitrogen and oxygen atoms in total. The molecule has 1 saturated heterocycles. The average Bonchev–Trinajstić information content (AvgIpc) is 3.17. The zero-order valence-corrected chi connectivity index (χ0v) is 13.5. The van der Waals surface area contributed by atoms with E-state index < -0.39 is 10.8 Å². The van der Waals surface area contributed by atoms with Gasteiger partial charge in [-0.25, -0.2) is 4.98 Å². The summed E-state index contributed by atoms with van der Waals surface area (Å²) < 4.78 is 17.7. The van der Waals surface area contributed by atoms with E-state index >= 15 is 0 Å². The van der Waals surface area contributed by atoms with Crippen LogP contribution in [0, 0.1) is 0 Å². The molecule has 112 valence electrons. The van der Waals surface area contributed by atoms with Crippen LogP contribution in [-0.2, 0) is 21.3 Å². The number of hydrogen-bond acceptors (Lipinski definition) is 4. The van der Waals surface area contributed by atoms with Gasteiger partial charge in [0, 0.05) is 29.4 Å². The Labute approximate surface area is 131 Å². The summed E-state index contributed by atoms with van der Waals surface area (Å²) in [7, 11) is -0.842. The van der Waals surface area contributed by atoms with Crippen LogP contribution in [0.1, 0.15) is 24.3 Å². The van der Waals surface area contributed by atoms with Gasteiger partial charge in [-0.05, 0) is 24.8 Å². The van der Waals surface area contributed by atoms with Crippen molar-refractivity contribution >= 4 is 22.1 Å². The molecular weight excluding hydrogens is 302 g/mol. The van der Waals surface area contributed by atoms with Crippen molar-refractivity contribution in [1.82, 2.24) is 4.98 Å². The lowest BCUT2D eigenvalue weighted by Gasteiger charge is -2.07. The summed E-state index contributed by atoms with van der Waals surface area (Å²) in [6.07, 6.45) is 5.37. The molecule has 0 amide bonds. The van der Waals surface area contributed by atoms with E-state index in [1.165, 1.54) is 5.56 Å². The Balaban J connectivity index is 1.53. The Morgan fingerprint density at radius 3 is 2.95 bits per heavy atom. The van der Waals surface area contributed by atoms with E-state index in [9.17, 15) is 4.21 Å². The first-order chi connectivity index (χ1) is 10.3. The van der Waals surface area contributed by atoms with Gasteiger partial charge in [0.2, 0.25) is 0 Å². The van der Waals surface area contributed by atoms with E-state index in [-0.39, 0.29) is 0 Å². The lowest BCUT2D eigenvalue weighted by Crippen LogP contribution is -2.11. The van der Waals surface area contributed by atoms with Crippen LogP contribution in [0.4, 0.5) is 0 Å². The van der Waals surface area contributed by atoms with E-state index in [2.05, 4.69) is 17.1 Å². The summed E-state index contributed by atoms with van der Waals surface area (Å²) in [5.74, 6) is 1.27. The second-order valence-corrected chi connectivity index (χ2v) is 7.89. The Bertz CT molecular complexity index is 591. The highest BCUT2D eigenvalue weighted by molar-refractivity contribution is 7.84. The monoisotopic (exact) mass is 321 g/mol. The molecule has 1 aromatic heterocycles. The summed E-state index contributed by atoms with van der Waals surface area (Å²) in [5.41, 5.74) is 1.17. The van der Waals surface area contributed by atoms with Crippen LogP contribution in [0.3, 0.4) is 0 Å². The van der Waals surface area contributed by atoms with Crippen molar-refractivity contribution in [2.45, 2.75) is 31.1 Å². The van der Waals surface area contributed by atoms with Crippen LogP contribution >= 0.6 is 11.3 Å². The predicted molar refractivity (Wildman–Crippen MR) is 87.9 cm³/mol. The molecule has 1 aromatic carbocycles. The number of ether oxygens (including phenoxy) is 1. The molecule has 0 unspecified atom stereocenters. The molecule has 0 N–H and O–H groups in total. The van der Waals surface area contributed by atoms with Gasteiger partial charge in [0.1, 0.15) is 5.01 Å². The molecule has 0 bridgehead atoms. The third-order valence-electron chi connectivity index (χ3n) is 3.59. The van der Waals surface area contributed by atoms with Gasteiger partial charge >= 0.3 is 0 Å². The highest BCUT2D eigenvalue weighted by Gasteiger charge is 2.17. The highest BCUT2D eigenvalue weighted by Crippen LogP contribution is 2.26. The molecule has 2 atom stereocenters. The van der Waals surface area contributed by atoms with Crippen LogP contribution in [0.15, 0.2) is 36.5 Å². The standard InChI is InChI=1S/C16H19NO2S2/c18-21(10-8-14-7-4-9-19-14)12-16-17-11-15(20-16)13-5-2-1-3-6-13/h1-3,5-6,11,14H,4,7-10,12H2/t14-,21+/m1/s1. The zero-order chi connectivity index (χ0) is 14.5. The Hall–Kier alpha value is -1.04. The van der Waals surface area contributed by atoms with Gasteiger partial charge < -0.3 is 4.74 Å². The number of rotatable bonds is 6. The molecule has 5 heteroatoms. The van der Waals surface area contributed by atoms with Gasteiger partial charge in [0.05, 0.1) is 16.7 Å². The van der Waals surface area contributed by atoms with E-state index in [1.54, 1.807) is 11.3 Å². The summed E-state index contributed by atoms with van der Waals surface area (Å²) >= 11 is 1.64. The Morgan fingerprint density at radius 2 is 2.19 bits per heavy atom. The lowest BCUT2D eigenvalue weighted by molar-refractivity contribution is 0.109. The van der Waals surface area contributed by atoms with Crippen LogP contribution in [0.5, 0.6) is 0 Å². The van der Waals surface area contributed by atoms with Crippen molar-refractivity contribution in [1.29, 1.82) is 0 Å². The lowest BCUT2D eigenvalue weighted by atomic mass is 10.2. The fraction of sp³-hybridized carbons (Fsp3) is 0.438. The van der Waals surface area contributed by atoms with Gasteiger partial charge in [0.25, 0.3) is 0 Å². The predicted octanol–water partition coefficient (Wildman–Crippen LogP) is 3.63. The van der Waals surface area contributed by atoms with Crippen molar-refractivity contribution in [2.24, 2.45) is 0 Å². The smallest absolute Gasteiger partial charge is 0.106 e. The minimum absolute atomic E-state index is 0.324. The Morgan fingerprint density at radius 1 is 1.33 bits per heavy atom. The maximum absolute atomic E-state index is 12.1. The van der Waals surface area contributed by atoms with Crippen molar-refractivity contribution in [3.05, 3.63) is 41.5 Å². The van der Waals surface area contributed by atoms with Crippen molar-refractivity contribution < 1.29 is 8.95 Å². The molecule has 1 fully saturated rings. The molecule has 2 aromatic rings. The summed E-state index contributed by atoms with van der Waals surface area (Å²) in [6, 6.07) is 10.2. The van der Waals surface area contributed by atoms with E-state index in [1.807, 2.05) is 24.4 Å². The van der Waals surface area contributed by atoms with E-state index in [4.69, 9.17) is 4.74 Å². The Kier molecular flexibility index (Phi) is 5.17. The molecule has 0 aliphatic carbocycles. The van der Waals surface area contributed by atoms with E-state index in [0.29, 0.717) is 17.6 Å². The van der Waals surface area contributed by atoms with Gasteiger partial charge in [-0.2, -0.15) is 0 Å². The topological polar surface area (TPSA) is 39.2 Å². The first-order valence-electron chi connectivity index (χ1n) is 7.28. The van der Waals surface area contributed by atoms with Gasteiger partial charge in [-0.15, -0.1) is 11.3 Å². The third-order valence-corrected chi connectivity index (χ3v) is 6.10. The first kappa shape index (κ1) is 14.9. The minimum atomic E-state index is -0.842. The second-order valence-electron chi connectivity index (χ2n) is 5.20. The van der Waals surface area contributed by atoms with Gasteiger partial charge in [-0.1, -0.05) is 30.3 Å². The number of hydrogen-bond donors (Lipinski definition) is 0. The molecule has 1 aliphatic rings. The minimum Gasteiger partial charge on any atom is -0.378 e. The largest absolute Gasteiger partial charge is 0.378 e. The second kappa shape index (κ2) is 7.29. The molecule has 21 heavy (non-hydrogen) atoms. The number of nitrogens with zero attached hydrogens (tertiary/aromatic N) is 1. The fourth-order valence-electron chi connectivity index (χ4n) is 2.46. The summed E-state index contributed by atoms with van der Waals surface area (Å²) in [4.78, 5) is 5.55. The van der Waals surface area contributed by atoms with Crippen molar-refractivity contribution in [3.63, 3.8) is 0 Å². The highest BCUT2D eigenvalue weighted by atomic mass is 32.2. The molecule has 1 aliphatic heterocycles. The first-order valence-corrected chi connectivity index (χ1v) is 9.58. The number of aromatic nitrogens is 1. The number of benzene rings is 1. The molecule has 2 heterocycles. The fourth-order valence-corrected chi connectivity index (χ4v) is 4.83. The SMILES string of the molecule is O=[S@@](CC[C@H]1CCCO1)Cc1ncc(-c2ccccc2)s1. The van der Waals surface area contributed by atoms with Gasteiger partial charge in [-0.3, -0.25) is 4.21 Å². The van der Waals surface area contributed by atoms with Gasteiger partial charge in [0.15, 0.2) is 0 Å². The average molecular weight is 321 g/mol. The maximum atomic E-state index is 12.1. The van der Waals surface area contributed by atoms with Crippen LogP contribution in [0.25, 0.3) is 10.4 Å². The molecule has 0 spiro atoms. The normalized spacial score (nSPS) is 19.7. The van der Waals surface area contributed by atoms with E-state index in [0.717, 1.165) is 35.8 Å². The number of thiazole rings is 1. The van der Waals surface area contributed by atoms with Crippen molar-refractivity contribution in [3.8, 4) is 10.4 Å². The quantitative estimate of drug-likeness (QED) is 0.815. The van der Waals surface area contributed by atoms with Crippen LogP contribution in [0.2, 0.25) is 0 Å². The molecule has 0 radical (unpaired) electrons. The zero-order valence-electron chi connectivity index (χ0n) is 11.9. The molecule has 0 saturated carbocycles.